The molecule has 0 aromatic carbocycles. The van der Waals surface area contributed by atoms with E-state index in [1.807, 2.05) is 0 Å². The number of carbonyl (C=O) groups excluding carboxylic acids is 1. The van der Waals surface area contributed by atoms with Crippen LogP contribution >= 0.6 is 0 Å². The van der Waals surface area contributed by atoms with Crippen molar-refractivity contribution in [3.63, 3.8) is 0 Å². The molecule has 1 aliphatic rings. The van der Waals surface area contributed by atoms with Crippen LogP contribution in [-0.2, 0) is 16.1 Å². The summed E-state index contributed by atoms with van der Waals surface area (Å²) in [5.74, 6) is -1.15. The van der Waals surface area contributed by atoms with Crippen molar-refractivity contribution in [2.45, 2.75) is 31.8 Å². The van der Waals surface area contributed by atoms with E-state index in [1.54, 1.807) is 0 Å². The second-order valence-electron chi connectivity index (χ2n) is 4.03. The molecule has 7 nitrogen and oxygen atoms in total. The standard InChI is InChI=1S/C10H14N4O3/c15-9(5-13-7-11-6-12-13)14-4-2-1-3-8(14)10(16)17/h6-8H,1-5H2,(H,16,17). The topological polar surface area (TPSA) is 88.3 Å². The van der Waals surface area contributed by atoms with Gasteiger partial charge in [0.05, 0.1) is 0 Å². The van der Waals surface area contributed by atoms with E-state index in [4.69, 9.17) is 5.11 Å². The van der Waals surface area contributed by atoms with Crippen LogP contribution in [0.15, 0.2) is 12.7 Å². The molecule has 0 bridgehead atoms. The van der Waals surface area contributed by atoms with Crippen LogP contribution in [0.5, 0.6) is 0 Å². The lowest BCUT2D eigenvalue weighted by Gasteiger charge is -2.32. The lowest BCUT2D eigenvalue weighted by atomic mass is 10.0. The summed E-state index contributed by atoms with van der Waals surface area (Å²) in [5, 5.41) is 12.9. The highest BCUT2D eigenvalue weighted by atomic mass is 16.4. The van der Waals surface area contributed by atoms with Crippen LogP contribution < -0.4 is 0 Å². The molecule has 1 unspecified atom stereocenters. The molecule has 17 heavy (non-hydrogen) atoms. The number of hydrogen-bond donors (Lipinski definition) is 1. The number of carbonyl (C=O) groups is 2. The van der Waals surface area contributed by atoms with Gasteiger partial charge in [0, 0.05) is 6.54 Å². The van der Waals surface area contributed by atoms with E-state index in [2.05, 4.69) is 10.1 Å². The fourth-order valence-electron chi connectivity index (χ4n) is 2.03. The molecule has 7 heteroatoms. The van der Waals surface area contributed by atoms with Crippen molar-refractivity contribution in [2.75, 3.05) is 6.54 Å². The zero-order chi connectivity index (χ0) is 12.3. The van der Waals surface area contributed by atoms with E-state index in [-0.39, 0.29) is 12.5 Å². The first kappa shape index (κ1) is 11.6. The molecule has 2 rings (SSSR count). The predicted octanol–water partition coefficient (Wildman–Crippen LogP) is -0.256. The van der Waals surface area contributed by atoms with E-state index in [0.29, 0.717) is 13.0 Å². The Bertz CT molecular complexity index is 404. The first-order chi connectivity index (χ1) is 8.18. The molecule has 1 N–H and O–H groups in total. The number of aromatic nitrogens is 3. The van der Waals surface area contributed by atoms with Gasteiger partial charge in [-0.1, -0.05) is 0 Å². The number of piperidine rings is 1. The maximum absolute atomic E-state index is 12.0. The summed E-state index contributed by atoms with van der Waals surface area (Å²) in [6, 6.07) is -0.695. The molecule has 0 radical (unpaired) electrons. The minimum absolute atomic E-state index is 0.0454. The molecule has 0 aliphatic carbocycles. The van der Waals surface area contributed by atoms with Gasteiger partial charge < -0.3 is 10.0 Å². The summed E-state index contributed by atoms with van der Waals surface area (Å²) in [6.45, 7) is 0.550. The third-order valence-corrected chi connectivity index (χ3v) is 2.87. The third kappa shape index (κ3) is 2.61. The number of nitrogens with zero attached hydrogens (tertiary/aromatic N) is 4. The number of aliphatic carboxylic acids is 1. The summed E-state index contributed by atoms with van der Waals surface area (Å²) in [7, 11) is 0. The minimum atomic E-state index is -0.934. The third-order valence-electron chi connectivity index (χ3n) is 2.87. The molecule has 1 saturated heterocycles. The molecule has 0 saturated carbocycles. The zero-order valence-electron chi connectivity index (χ0n) is 9.32. The fraction of sp³-hybridized carbons (Fsp3) is 0.600. The number of likely N-dealkylation sites (tertiary alicyclic amines) is 1. The van der Waals surface area contributed by atoms with E-state index < -0.39 is 12.0 Å². The molecule has 1 atom stereocenters. The summed E-state index contributed by atoms with van der Waals surface area (Å²) >= 11 is 0. The van der Waals surface area contributed by atoms with Crippen LogP contribution in [0, 0.1) is 0 Å². The van der Waals surface area contributed by atoms with Gasteiger partial charge in [0.2, 0.25) is 5.91 Å². The Kier molecular flexibility index (Phi) is 3.36. The van der Waals surface area contributed by atoms with Crippen LogP contribution in [0.2, 0.25) is 0 Å². The second-order valence-corrected chi connectivity index (χ2v) is 4.03. The highest BCUT2D eigenvalue weighted by molar-refractivity contribution is 5.83. The van der Waals surface area contributed by atoms with Gasteiger partial charge in [-0.15, -0.1) is 0 Å². The van der Waals surface area contributed by atoms with Crippen molar-refractivity contribution in [1.29, 1.82) is 0 Å². The monoisotopic (exact) mass is 238 g/mol. The Balaban J connectivity index is 2.03. The van der Waals surface area contributed by atoms with Crippen LogP contribution in [0.3, 0.4) is 0 Å². The van der Waals surface area contributed by atoms with Crippen molar-refractivity contribution in [3.05, 3.63) is 12.7 Å². The molecule has 1 aliphatic heterocycles. The molecule has 1 amide bonds. The molecular formula is C10H14N4O3. The van der Waals surface area contributed by atoms with E-state index in [0.717, 1.165) is 12.8 Å². The van der Waals surface area contributed by atoms with Crippen molar-refractivity contribution in [1.82, 2.24) is 19.7 Å². The van der Waals surface area contributed by atoms with Gasteiger partial charge in [0.25, 0.3) is 0 Å². The van der Waals surface area contributed by atoms with E-state index in [1.165, 1.54) is 22.2 Å². The van der Waals surface area contributed by atoms with Gasteiger partial charge in [0.1, 0.15) is 25.2 Å². The Labute approximate surface area is 98.0 Å². The molecule has 1 fully saturated rings. The van der Waals surface area contributed by atoms with Gasteiger partial charge in [-0.3, -0.25) is 4.79 Å². The second kappa shape index (κ2) is 4.94. The molecule has 1 aromatic heterocycles. The highest BCUT2D eigenvalue weighted by Crippen LogP contribution is 2.17. The quantitative estimate of drug-likeness (QED) is 0.784. The number of carboxylic acid groups (broad SMARTS) is 1. The number of carboxylic acids is 1. The smallest absolute Gasteiger partial charge is 0.326 e. The average Bonchev–Trinajstić information content (AvgIpc) is 2.81. The Morgan fingerprint density at radius 2 is 2.24 bits per heavy atom. The van der Waals surface area contributed by atoms with Gasteiger partial charge in [-0.25, -0.2) is 14.5 Å². The number of amides is 1. The summed E-state index contributed by atoms with van der Waals surface area (Å²) in [5.41, 5.74) is 0. The van der Waals surface area contributed by atoms with E-state index >= 15 is 0 Å². The maximum atomic E-state index is 12.0. The average molecular weight is 238 g/mol. The summed E-state index contributed by atoms with van der Waals surface area (Å²) < 4.78 is 1.40. The fourth-order valence-corrected chi connectivity index (χ4v) is 2.03. The van der Waals surface area contributed by atoms with Crippen molar-refractivity contribution < 1.29 is 14.7 Å². The summed E-state index contributed by atoms with van der Waals surface area (Å²) in [4.78, 5) is 28.2. The summed E-state index contributed by atoms with van der Waals surface area (Å²) in [6.07, 6.45) is 5.02. The number of hydrogen-bond acceptors (Lipinski definition) is 4. The lowest BCUT2D eigenvalue weighted by Crippen LogP contribution is -2.49. The van der Waals surface area contributed by atoms with Crippen LogP contribution in [0.4, 0.5) is 0 Å². The Morgan fingerprint density at radius 3 is 2.88 bits per heavy atom. The van der Waals surface area contributed by atoms with Crippen molar-refractivity contribution in [2.24, 2.45) is 0 Å². The van der Waals surface area contributed by atoms with Crippen molar-refractivity contribution in [3.8, 4) is 0 Å². The minimum Gasteiger partial charge on any atom is -0.480 e. The highest BCUT2D eigenvalue weighted by Gasteiger charge is 2.31. The maximum Gasteiger partial charge on any atom is 0.326 e. The Morgan fingerprint density at radius 1 is 1.41 bits per heavy atom. The van der Waals surface area contributed by atoms with Gasteiger partial charge in [-0.05, 0) is 19.3 Å². The largest absolute Gasteiger partial charge is 0.480 e. The van der Waals surface area contributed by atoms with Gasteiger partial charge >= 0.3 is 5.97 Å². The van der Waals surface area contributed by atoms with Crippen LogP contribution in [0.1, 0.15) is 19.3 Å². The van der Waals surface area contributed by atoms with Crippen LogP contribution in [-0.4, -0.2) is 49.2 Å². The predicted molar refractivity (Wildman–Crippen MR) is 57.0 cm³/mol. The molecule has 2 heterocycles. The van der Waals surface area contributed by atoms with Gasteiger partial charge in [0.15, 0.2) is 0 Å². The molecule has 0 spiro atoms. The van der Waals surface area contributed by atoms with Crippen LogP contribution in [0.25, 0.3) is 0 Å². The number of rotatable bonds is 3. The lowest BCUT2D eigenvalue weighted by molar-refractivity contribution is -0.152. The molecular weight excluding hydrogens is 224 g/mol. The first-order valence-electron chi connectivity index (χ1n) is 5.53. The van der Waals surface area contributed by atoms with Crippen molar-refractivity contribution >= 4 is 11.9 Å². The first-order valence-corrected chi connectivity index (χ1v) is 5.53. The van der Waals surface area contributed by atoms with E-state index in [9.17, 15) is 9.59 Å². The SMILES string of the molecule is O=C(O)C1CCCCN1C(=O)Cn1cncn1. The normalized spacial score (nSPS) is 20.2. The Hall–Kier alpha value is -1.92. The zero-order valence-corrected chi connectivity index (χ0v) is 9.32. The molecule has 92 valence electrons. The van der Waals surface area contributed by atoms with Gasteiger partial charge in [-0.2, -0.15) is 5.10 Å². The molecule has 1 aromatic rings.